The first-order valence-corrected chi connectivity index (χ1v) is 4.47. The molecule has 0 aliphatic carbocycles. The normalized spacial score (nSPS) is 46.8. The van der Waals surface area contributed by atoms with E-state index in [2.05, 4.69) is 0 Å². The monoisotopic (exact) mass is 182 g/mol. The Morgan fingerprint density at radius 2 is 2.23 bits per heavy atom. The Kier molecular flexibility index (Phi) is 1.58. The van der Waals surface area contributed by atoms with Gasteiger partial charge in [-0.1, -0.05) is 12.2 Å². The lowest BCUT2D eigenvalue weighted by Crippen LogP contribution is -2.34. The summed E-state index contributed by atoms with van der Waals surface area (Å²) in [6.45, 7) is 3.93. The summed E-state index contributed by atoms with van der Waals surface area (Å²) in [7, 11) is 1.42. The molecule has 0 radical (unpaired) electrons. The third kappa shape index (κ3) is 1.10. The van der Waals surface area contributed by atoms with Crippen molar-refractivity contribution < 1.29 is 14.3 Å². The van der Waals surface area contributed by atoms with Crippen molar-refractivity contribution in [3.8, 4) is 0 Å². The molecule has 0 spiro atoms. The SMILES string of the molecule is COC(=O)[C@@H]1C[C@]2(C)C=C[C@@]1(C)O2. The fourth-order valence-corrected chi connectivity index (χ4v) is 2.28. The largest absolute Gasteiger partial charge is 0.469 e. The maximum atomic E-state index is 11.4. The second-order valence-corrected chi connectivity index (χ2v) is 4.21. The molecule has 13 heavy (non-hydrogen) atoms. The number of hydrogen-bond donors (Lipinski definition) is 0. The summed E-state index contributed by atoms with van der Waals surface area (Å²) < 4.78 is 10.5. The lowest BCUT2D eigenvalue weighted by molar-refractivity contribution is -0.149. The zero-order chi connectivity index (χ0) is 9.69. The van der Waals surface area contributed by atoms with E-state index in [1.807, 2.05) is 26.0 Å². The summed E-state index contributed by atoms with van der Waals surface area (Å²) in [5.41, 5.74) is -0.699. The number of methoxy groups -OCH3 is 1. The van der Waals surface area contributed by atoms with Crippen LogP contribution in [0.15, 0.2) is 12.2 Å². The van der Waals surface area contributed by atoms with Crippen molar-refractivity contribution >= 4 is 5.97 Å². The Morgan fingerprint density at radius 3 is 2.62 bits per heavy atom. The van der Waals surface area contributed by atoms with Crippen LogP contribution in [0.25, 0.3) is 0 Å². The predicted molar refractivity (Wildman–Crippen MR) is 47.2 cm³/mol. The van der Waals surface area contributed by atoms with Crippen LogP contribution in [0.4, 0.5) is 0 Å². The van der Waals surface area contributed by atoms with E-state index in [0.717, 1.165) is 6.42 Å². The molecule has 2 aliphatic rings. The van der Waals surface area contributed by atoms with Gasteiger partial charge < -0.3 is 9.47 Å². The van der Waals surface area contributed by atoms with Gasteiger partial charge in [-0.25, -0.2) is 0 Å². The topological polar surface area (TPSA) is 35.5 Å². The van der Waals surface area contributed by atoms with Gasteiger partial charge in [0.2, 0.25) is 0 Å². The van der Waals surface area contributed by atoms with Crippen molar-refractivity contribution in [2.24, 2.45) is 5.92 Å². The Bertz CT molecular complexity index is 284. The quantitative estimate of drug-likeness (QED) is 0.452. The number of esters is 1. The van der Waals surface area contributed by atoms with Crippen LogP contribution < -0.4 is 0 Å². The predicted octanol–water partition coefficient (Wildman–Crippen LogP) is 1.28. The summed E-state index contributed by atoms with van der Waals surface area (Å²) in [6, 6.07) is 0. The molecular weight excluding hydrogens is 168 g/mol. The Labute approximate surface area is 77.7 Å². The van der Waals surface area contributed by atoms with E-state index in [9.17, 15) is 4.79 Å². The summed E-state index contributed by atoms with van der Waals surface area (Å²) in [5, 5.41) is 0. The second kappa shape index (κ2) is 2.35. The molecule has 3 nitrogen and oxygen atoms in total. The van der Waals surface area contributed by atoms with Crippen LogP contribution in [0.2, 0.25) is 0 Å². The molecule has 72 valence electrons. The summed E-state index contributed by atoms with van der Waals surface area (Å²) in [4.78, 5) is 11.4. The zero-order valence-electron chi connectivity index (χ0n) is 8.16. The lowest BCUT2D eigenvalue weighted by atomic mass is 9.80. The number of rotatable bonds is 1. The number of ether oxygens (including phenoxy) is 2. The molecule has 0 N–H and O–H groups in total. The molecular formula is C10H14O3. The van der Waals surface area contributed by atoms with Gasteiger partial charge in [0.05, 0.1) is 24.2 Å². The molecule has 2 aliphatic heterocycles. The van der Waals surface area contributed by atoms with Crippen LogP contribution in [-0.4, -0.2) is 24.3 Å². The first-order valence-electron chi connectivity index (χ1n) is 4.47. The number of carbonyl (C=O) groups excluding carboxylic acids is 1. The fourth-order valence-electron chi connectivity index (χ4n) is 2.28. The van der Waals surface area contributed by atoms with Gasteiger partial charge in [0.1, 0.15) is 0 Å². The van der Waals surface area contributed by atoms with E-state index in [1.165, 1.54) is 7.11 Å². The van der Waals surface area contributed by atoms with Gasteiger partial charge in [0, 0.05) is 0 Å². The average Bonchev–Trinajstić information content (AvgIpc) is 2.51. The number of hydrogen-bond acceptors (Lipinski definition) is 3. The van der Waals surface area contributed by atoms with Crippen LogP contribution >= 0.6 is 0 Å². The van der Waals surface area contributed by atoms with Crippen molar-refractivity contribution in [2.45, 2.75) is 31.5 Å². The van der Waals surface area contributed by atoms with Crippen LogP contribution in [0, 0.1) is 5.92 Å². The van der Waals surface area contributed by atoms with Crippen LogP contribution in [0.5, 0.6) is 0 Å². The van der Waals surface area contributed by atoms with E-state index in [1.54, 1.807) is 0 Å². The van der Waals surface area contributed by atoms with Gasteiger partial charge in [-0.3, -0.25) is 4.79 Å². The van der Waals surface area contributed by atoms with Crippen molar-refractivity contribution in [3.63, 3.8) is 0 Å². The van der Waals surface area contributed by atoms with Gasteiger partial charge in [-0.05, 0) is 20.3 Å². The van der Waals surface area contributed by atoms with Crippen LogP contribution in [-0.2, 0) is 14.3 Å². The van der Waals surface area contributed by atoms with E-state index < -0.39 is 5.60 Å². The molecule has 0 aromatic carbocycles. The van der Waals surface area contributed by atoms with E-state index in [-0.39, 0.29) is 17.5 Å². The highest BCUT2D eigenvalue weighted by Gasteiger charge is 2.56. The number of fused-ring (bicyclic) bond motifs is 2. The minimum Gasteiger partial charge on any atom is -0.469 e. The van der Waals surface area contributed by atoms with Gasteiger partial charge >= 0.3 is 5.97 Å². The van der Waals surface area contributed by atoms with Crippen LogP contribution in [0.1, 0.15) is 20.3 Å². The first kappa shape index (κ1) is 8.75. The molecule has 0 aromatic heterocycles. The van der Waals surface area contributed by atoms with Crippen molar-refractivity contribution in [3.05, 3.63) is 12.2 Å². The number of carbonyl (C=O) groups is 1. The van der Waals surface area contributed by atoms with E-state index in [0.29, 0.717) is 0 Å². The van der Waals surface area contributed by atoms with Crippen molar-refractivity contribution in [1.82, 2.24) is 0 Å². The molecule has 1 saturated heterocycles. The molecule has 2 rings (SSSR count). The standard InChI is InChI=1S/C10H14O3/c1-9-4-5-10(2,13-9)7(6-9)8(11)12-3/h4-5,7H,6H2,1-3H3/t7-,9-,10+/m0/s1. The Hall–Kier alpha value is -0.830. The highest BCUT2D eigenvalue weighted by atomic mass is 16.6. The van der Waals surface area contributed by atoms with Crippen LogP contribution in [0.3, 0.4) is 0 Å². The molecule has 0 amide bonds. The van der Waals surface area contributed by atoms with Gasteiger partial charge in [0.25, 0.3) is 0 Å². The molecule has 0 saturated carbocycles. The maximum Gasteiger partial charge on any atom is 0.312 e. The molecule has 0 aromatic rings. The third-order valence-corrected chi connectivity index (χ3v) is 3.01. The Balaban J connectivity index is 2.27. The second-order valence-electron chi connectivity index (χ2n) is 4.21. The maximum absolute atomic E-state index is 11.4. The molecule has 0 unspecified atom stereocenters. The molecule has 1 fully saturated rings. The van der Waals surface area contributed by atoms with E-state index in [4.69, 9.17) is 9.47 Å². The highest BCUT2D eigenvalue weighted by molar-refractivity contribution is 5.75. The van der Waals surface area contributed by atoms with Crippen molar-refractivity contribution in [2.75, 3.05) is 7.11 Å². The average molecular weight is 182 g/mol. The molecule has 2 heterocycles. The first-order chi connectivity index (χ1) is 5.99. The summed E-state index contributed by atoms with van der Waals surface area (Å²) in [6.07, 6.45) is 4.73. The minimum atomic E-state index is -0.443. The highest BCUT2D eigenvalue weighted by Crippen LogP contribution is 2.49. The Morgan fingerprint density at radius 1 is 1.54 bits per heavy atom. The van der Waals surface area contributed by atoms with Gasteiger partial charge in [-0.15, -0.1) is 0 Å². The zero-order valence-corrected chi connectivity index (χ0v) is 8.16. The lowest BCUT2D eigenvalue weighted by Gasteiger charge is -2.23. The van der Waals surface area contributed by atoms with E-state index >= 15 is 0 Å². The third-order valence-electron chi connectivity index (χ3n) is 3.01. The van der Waals surface area contributed by atoms with Gasteiger partial charge in [-0.2, -0.15) is 0 Å². The minimum absolute atomic E-state index is 0.146. The fraction of sp³-hybridized carbons (Fsp3) is 0.700. The van der Waals surface area contributed by atoms with Gasteiger partial charge in [0.15, 0.2) is 0 Å². The smallest absolute Gasteiger partial charge is 0.312 e. The molecule has 3 heteroatoms. The molecule has 3 atom stereocenters. The van der Waals surface area contributed by atoms with Crippen molar-refractivity contribution in [1.29, 1.82) is 0 Å². The molecule has 2 bridgehead atoms. The summed E-state index contributed by atoms with van der Waals surface area (Å²) >= 11 is 0. The summed E-state index contributed by atoms with van der Waals surface area (Å²) in [5.74, 6) is -0.317.